The summed E-state index contributed by atoms with van der Waals surface area (Å²) in [7, 11) is 0. The molecule has 5 heteroatoms. The molecule has 0 radical (unpaired) electrons. The lowest BCUT2D eigenvalue weighted by atomic mass is 10.1. The summed E-state index contributed by atoms with van der Waals surface area (Å²) in [5, 5.41) is 12.1. The molecule has 0 atom stereocenters. The summed E-state index contributed by atoms with van der Waals surface area (Å²) in [6, 6.07) is 8.04. The SMILES string of the molecule is O=C(O)CCc1ccc(NCCCCCCn2ccnc2)cc1. The Balaban J connectivity index is 1.53. The van der Waals surface area contributed by atoms with Crippen molar-refractivity contribution in [2.75, 3.05) is 11.9 Å². The first-order chi connectivity index (χ1) is 11.2. The van der Waals surface area contributed by atoms with Crippen molar-refractivity contribution in [2.24, 2.45) is 0 Å². The van der Waals surface area contributed by atoms with Crippen molar-refractivity contribution >= 4 is 11.7 Å². The van der Waals surface area contributed by atoms with E-state index in [1.807, 2.05) is 43.0 Å². The van der Waals surface area contributed by atoms with Gasteiger partial charge in [-0.05, 0) is 37.0 Å². The lowest BCUT2D eigenvalue weighted by Gasteiger charge is -2.07. The number of nitrogens with one attached hydrogen (secondary N) is 1. The van der Waals surface area contributed by atoms with Crippen molar-refractivity contribution in [3.8, 4) is 0 Å². The Hall–Kier alpha value is -2.30. The molecule has 0 bridgehead atoms. The minimum Gasteiger partial charge on any atom is -0.481 e. The second-order valence-electron chi connectivity index (χ2n) is 5.73. The van der Waals surface area contributed by atoms with Gasteiger partial charge in [0, 0.05) is 37.6 Å². The van der Waals surface area contributed by atoms with Crippen LogP contribution in [0.15, 0.2) is 43.0 Å². The molecule has 2 rings (SSSR count). The Morgan fingerprint density at radius 3 is 2.61 bits per heavy atom. The number of carboxylic acids is 1. The molecule has 0 aliphatic carbocycles. The van der Waals surface area contributed by atoms with E-state index in [1.165, 1.54) is 19.3 Å². The smallest absolute Gasteiger partial charge is 0.303 e. The number of hydrogen-bond donors (Lipinski definition) is 2. The van der Waals surface area contributed by atoms with Gasteiger partial charge in [-0.2, -0.15) is 0 Å². The zero-order chi connectivity index (χ0) is 16.3. The fourth-order valence-electron chi connectivity index (χ4n) is 2.47. The summed E-state index contributed by atoms with van der Waals surface area (Å²) in [4.78, 5) is 14.6. The van der Waals surface area contributed by atoms with Crippen LogP contribution in [-0.2, 0) is 17.8 Å². The number of rotatable bonds is 11. The van der Waals surface area contributed by atoms with Crippen molar-refractivity contribution in [1.82, 2.24) is 9.55 Å². The van der Waals surface area contributed by atoms with Gasteiger partial charge < -0.3 is 15.0 Å². The summed E-state index contributed by atoms with van der Waals surface area (Å²) in [5.41, 5.74) is 2.17. The van der Waals surface area contributed by atoms with Gasteiger partial charge >= 0.3 is 5.97 Å². The highest BCUT2D eigenvalue weighted by Crippen LogP contribution is 2.11. The van der Waals surface area contributed by atoms with Gasteiger partial charge in [0.2, 0.25) is 0 Å². The van der Waals surface area contributed by atoms with Crippen LogP contribution in [-0.4, -0.2) is 27.2 Å². The molecule has 1 aromatic heterocycles. The van der Waals surface area contributed by atoms with Gasteiger partial charge in [0.15, 0.2) is 0 Å². The lowest BCUT2D eigenvalue weighted by molar-refractivity contribution is -0.136. The molecule has 2 aromatic rings. The number of benzene rings is 1. The van der Waals surface area contributed by atoms with E-state index in [-0.39, 0.29) is 6.42 Å². The fourth-order valence-corrected chi connectivity index (χ4v) is 2.47. The molecule has 0 unspecified atom stereocenters. The van der Waals surface area contributed by atoms with Crippen molar-refractivity contribution in [2.45, 2.75) is 45.1 Å². The number of hydrogen-bond acceptors (Lipinski definition) is 3. The number of carbonyl (C=O) groups is 1. The van der Waals surface area contributed by atoms with Crippen molar-refractivity contribution in [1.29, 1.82) is 0 Å². The third-order valence-corrected chi connectivity index (χ3v) is 3.81. The second-order valence-corrected chi connectivity index (χ2v) is 5.73. The standard InChI is InChI=1S/C18H25N3O2/c22-18(23)10-7-16-5-8-17(9-6-16)20-11-3-1-2-4-13-21-14-12-19-15-21/h5-6,8-9,12,14-15,20H,1-4,7,10-11,13H2,(H,22,23). The fraction of sp³-hybridized carbons (Fsp3) is 0.444. The maximum absolute atomic E-state index is 10.5. The quantitative estimate of drug-likeness (QED) is 0.622. The Morgan fingerprint density at radius 2 is 1.91 bits per heavy atom. The van der Waals surface area contributed by atoms with E-state index in [9.17, 15) is 4.79 Å². The third kappa shape index (κ3) is 7.00. The van der Waals surface area contributed by atoms with Crippen LogP contribution in [0.25, 0.3) is 0 Å². The molecular formula is C18H25N3O2. The minimum atomic E-state index is -0.750. The number of anilines is 1. The molecular weight excluding hydrogens is 290 g/mol. The predicted octanol–water partition coefficient (Wildman–Crippen LogP) is 3.57. The Bertz CT molecular complexity index is 564. The van der Waals surface area contributed by atoms with Crippen molar-refractivity contribution in [3.05, 3.63) is 48.5 Å². The summed E-state index contributed by atoms with van der Waals surface area (Å²) in [5.74, 6) is -0.750. The van der Waals surface area contributed by atoms with Crippen LogP contribution >= 0.6 is 0 Å². The molecule has 0 saturated carbocycles. The van der Waals surface area contributed by atoms with Gasteiger partial charge in [-0.1, -0.05) is 25.0 Å². The molecule has 1 aromatic carbocycles. The van der Waals surface area contributed by atoms with Crippen LogP contribution in [0, 0.1) is 0 Å². The first kappa shape index (κ1) is 17.1. The first-order valence-corrected chi connectivity index (χ1v) is 8.24. The Morgan fingerprint density at radius 1 is 1.13 bits per heavy atom. The maximum atomic E-state index is 10.5. The molecule has 0 aliphatic heterocycles. The summed E-state index contributed by atoms with van der Waals surface area (Å²) >= 11 is 0. The summed E-state index contributed by atoms with van der Waals surface area (Å²) in [6.45, 7) is 2.02. The Kier molecular flexibility index (Phi) is 7.17. The monoisotopic (exact) mass is 315 g/mol. The number of unbranched alkanes of at least 4 members (excludes halogenated alkanes) is 3. The van der Waals surface area contributed by atoms with Crippen LogP contribution in [0.1, 0.15) is 37.7 Å². The van der Waals surface area contributed by atoms with E-state index in [4.69, 9.17) is 5.11 Å². The van der Waals surface area contributed by atoms with Crippen LogP contribution < -0.4 is 5.32 Å². The van der Waals surface area contributed by atoms with Gasteiger partial charge in [0.1, 0.15) is 0 Å². The van der Waals surface area contributed by atoms with Gasteiger partial charge in [-0.3, -0.25) is 4.79 Å². The van der Waals surface area contributed by atoms with E-state index in [0.717, 1.165) is 30.8 Å². The largest absolute Gasteiger partial charge is 0.481 e. The van der Waals surface area contributed by atoms with Gasteiger partial charge in [0.25, 0.3) is 0 Å². The van der Waals surface area contributed by atoms with E-state index in [0.29, 0.717) is 6.42 Å². The summed E-state index contributed by atoms with van der Waals surface area (Å²) < 4.78 is 2.12. The Labute approximate surface area is 137 Å². The van der Waals surface area contributed by atoms with Crippen LogP contribution in [0.3, 0.4) is 0 Å². The molecule has 0 fully saturated rings. The zero-order valence-corrected chi connectivity index (χ0v) is 13.4. The number of carboxylic acid groups (broad SMARTS) is 1. The summed E-state index contributed by atoms with van der Waals surface area (Å²) in [6.07, 6.45) is 11.3. The number of nitrogens with zero attached hydrogens (tertiary/aromatic N) is 2. The third-order valence-electron chi connectivity index (χ3n) is 3.81. The molecule has 0 aliphatic rings. The highest BCUT2D eigenvalue weighted by Gasteiger charge is 1.99. The van der Waals surface area contributed by atoms with E-state index < -0.39 is 5.97 Å². The molecule has 0 spiro atoms. The van der Waals surface area contributed by atoms with Crippen LogP contribution in [0.5, 0.6) is 0 Å². The van der Waals surface area contributed by atoms with E-state index >= 15 is 0 Å². The molecule has 0 saturated heterocycles. The number of aromatic nitrogens is 2. The number of aryl methyl sites for hydroxylation is 2. The normalized spacial score (nSPS) is 10.6. The predicted molar refractivity (Wildman–Crippen MR) is 91.6 cm³/mol. The molecule has 2 N–H and O–H groups in total. The van der Waals surface area contributed by atoms with Gasteiger partial charge in [-0.15, -0.1) is 0 Å². The minimum absolute atomic E-state index is 0.186. The molecule has 23 heavy (non-hydrogen) atoms. The number of imidazole rings is 1. The highest BCUT2D eigenvalue weighted by molar-refractivity contribution is 5.67. The van der Waals surface area contributed by atoms with Crippen molar-refractivity contribution < 1.29 is 9.90 Å². The van der Waals surface area contributed by atoms with E-state index in [1.54, 1.807) is 0 Å². The molecule has 124 valence electrons. The van der Waals surface area contributed by atoms with Crippen LogP contribution in [0.2, 0.25) is 0 Å². The second kappa shape index (κ2) is 9.66. The number of aliphatic carboxylic acids is 1. The first-order valence-electron chi connectivity index (χ1n) is 8.24. The van der Waals surface area contributed by atoms with Crippen LogP contribution in [0.4, 0.5) is 5.69 Å². The average Bonchev–Trinajstić information content (AvgIpc) is 3.06. The molecule has 0 amide bonds. The van der Waals surface area contributed by atoms with E-state index in [2.05, 4.69) is 14.9 Å². The average molecular weight is 315 g/mol. The maximum Gasteiger partial charge on any atom is 0.303 e. The van der Waals surface area contributed by atoms with Gasteiger partial charge in [-0.25, -0.2) is 4.98 Å². The lowest BCUT2D eigenvalue weighted by Crippen LogP contribution is -2.02. The molecule has 5 nitrogen and oxygen atoms in total. The molecule has 1 heterocycles. The zero-order valence-electron chi connectivity index (χ0n) is 13.4. The van der Waals surface area contributed by atoms with Gasteiger partial charge in [0.05, 0.1) is 6.33 Å². The van der Waals surface area contributed by atoms with Crippen molar-refractivity contribution in [3.63, 3.8) is 0 Å². The topological polar surface area (TPSA) is 67.2 Å². The highest BCUT2D eigenvalue weighted by atomic mass is 16.4.